The van der Waals surface area contributed by atoms with Crippen molar-refractivity contribution in [2.24, 2.45) is 0 Å². The van der Waals surface area contributed by atoms with Gasteiger partial charge < -0.3 is 5.32 Å². The lowest BCUT2D eigenvalue weighted by molar-refractivity contribution is 0.164. The molecule has 2 rings (SSSR count). The van der Waals surface area contributed by atoms with Crippen molar-refractivity contribution in [3.8, 4) is 0 Å². The maximum Gasteiger partial charge on any atom is 0.0641 e. The maximum absolute atomic E-state index is 6.38. The Morgan fingerprint density at radius 1 is 1.14 bits per heavy atom. The lowest BCUT2D eigenvalue weighted by Crippen LogP contribution is -2.45. The Balaban J connectivity index is 0.00000200. The van der Waals surface area contributed by atoms with E-state index in [1.807, 2.05) is 6.07 Å². The number of piperazine rings is 1. The van der Waals surface area contributed by atoms with Gasteiger partial charge in [0, 0.05) is 37.2 Å². The lowest BCUT2D eigenvalue weighted by atomic mass is 9.99. The van der Waals surface area contributed by atoms with Crippen LogP contribution in [-0.2, 0) is 0 Å². The van der Waals surface area contributed by atoms with E-state index in [-0.39, 0.29) is 24.8 Å². The van der Waals surface area contributed by atoms with Gasteiger partial charge in [-0.1, -0.05) is 48.1 Å². The zero-order chi connectivity index (χ0) is 13.8. The van der Waals surface area contributed by atoms with Gasteiger partial charge in [-0.2, -0.15) is 0 Å². The molecule has 0 amide bonds. The van der Waals surface area contributed by atoms with Gasteiger partial charge in [-0.25, -0.2) is 0 Å². The number of benzene rings is 1. The predicted octanol–water partition coefficient (Wildman–Crippen LogP) is 5.24. The minimum absolute atomic E-state index is 0. The molecule has 1 fully saturated rings. The Kier molecular flexibility index (Phi) is 10.7. The number of halogens is 5. The number of hydrogen-bond donors (Lipinski definition) is 1. The quantitative estimate of drug-likeness (QED) is 0.703. The van der Waals surface area contributed by atoms with E-state index in [2.05, 4.69) is 17.1 Å². The Morgan fingerprint density at radius 3 is 2.33 bits per heavy atom. The zero-order valence-corrected chi connectivity index (χ0v) is 15.8. The molecule has 0 bridgehead atoms. The molecule has 1 heterocycles. The summed E-state index contributed by atoms with van der Waals surface area (Å²) in [5.41, 5.74) is 1.06. The van der Waals surface area contributed by atoms with Gasteiger partial charge in [-0.15, -0.1) is 24.8 Å². The molecule has 0 spiro atoms. The fourth-order valence-corrected chi connectivity index (χ4v) is 3.36. The molecule has 1 aliphatic rings. The first-order valence-electron chi connectivity index (χ1n) is 6.72. The summed E-state index contributed by atoms with van der Waals surface area (Å²) < 4.78 is 0. The number of nitrogens with one attached hydrogen (secondary N) is 1. The van der Waals surface area contributed by atoms with Crippen LogP contribution in [0.4, 0.5) is 0 Å². The van der Waals surface area contributed by atoms with Gasteiger partial charge >= 0.3 is 0 Å². The van der Waals surface area contributed by atoms with E-state index in [0.717, 1.165) is 44.6 Å². The van der Waals surface area contributed by atoms with Crippen LogP contribution in [-0.4, -0.2) is 31.1 Å². The molecule has 1 aromatic rings. The van der Waals surface area contributed by atoms with Crippen LogP contribution in [0.3, 0.4) is 0 Å². The molecule has 0 unspecified atom stereocenters. The molecule has 0 saturated carbocycles. The molecule has 2 nitrogen and oxygen atoms in total. The Bertz CT molecular complexity index is 436. The van der Waals surface area contributed by atoms with Crippen molar-refractivity contribution in [3.05, 3.63) is 32.8 Å². The average Bonchev–Trinajstić information content (AvgIpc) is 2.41. The van der Waals surface area contributed by atoms with Crippen molar-refractivity contribution in [1.82, 2.24) is 10.2 Å². The van der Waals surface area contributed by atoms with Crippen molar-refractivity contribution >= 4 is 59.6 Å². The summed E-state index contributed by atoms with van der Waals surface area (Å²) in [6.07, 6.45) is 2.17. The number of rotatable bonds is 4. The summed E-state index contributed by atoms with van der Waals surface area (Å²) >= 11 is 18.7. The SMILES string of the molecule is CCC[C@@H](c1cc(Cl)cc(Cl)c1Cl)N1CCNCC1.Cl.Cl. The largest absolute Gasteiger partial charge is 0.314 e. The van der Waals surface area contributed by atoms with Crippen molar-refractivity contribution < 1.29 is 0 Å². The summed E-state index contributed by atoms with van der Waals surface area (Å²) in [5.74, 6) is 0. The second-order valence-corrected chi connectivity index (χ2v) is 6.10. The molecule has 1 atom stereocenters. The molecule has 0 aromatic heterocycles. The Hall–Kier alpha value is 0.590. The molecule has 0 aliphatic carbocycles. The van der Waals surface area contributed by atoms with Crippen LogP contribution < -0.4 is 5.32 Å². The van der Waals surface area contributed by atoms with E-state index < -0.39 is 0 Å². The van der Waals surface area contributed by atoms with Crippen LogP contribution in [0.1, 0.15) is 31.4 Å². The highest BCUT2D eigenvalue weighted by atomic mass is 35.5. The number of hydrogen-bond acceptors (Lipinski definition) is 2. The first kappa shape index (κ1) is 21.6. The van der Waals surface area contributed by atoms with Crippen molar-refractivity contribution in [3.63, 3.8) is 0 Å². The highest BCUT2D eigenvalue weighted by Crippen LogP contribution is 2.37. The third-order valence-corrected chi connectivity index (χ3v) is 4.57. The average molecular weight is 395 g/mol. The normalized spacial score (nSPS) is 16.8. The van der Waals surface area contributed by atoms with Crippen molar-refractivity contribution in [2.45, 2.75) is 25.8 Å². The van der Waals surface area contributed by atoms with Crippen molar-refractivity contribution in [1.29, 1.82) is 0 Å². The third kappa shape index (κ3) is 5.62. The standard InChI is InChI=1S/C14H19Cl3N2.2ClH/c1-2-3-13(19-6-4-18-5-7-19)11-8-10(15)9-12(16)14(11)17;;/h8-9,13,18H,2-7H2,1H3;2*1H/t13-;;/m0../s1. The van der Waals surface area contributed by atoms with Gasteiger partial charge in [-0.3, -0.25) is 4.90 Å². The van der Waals surface area contributed by atoms with E-state index in [1.54, 1.807) is 6.07 Å². The first-order valence-corrected chi connectivity index (χ1v) is 7.86. The molecule has 1 aliphatic heterocycles. The van der Waals surface area contributed by atoms with Crippen LogP contribution >= 0.6 is 59.6 Å². The fraction of sp³-hybridized carbons (Fsp3) is 0.571. The van der Waals surface area contributed by atoms with Gasteiger partial charge in [0.15, 0.2) is 0 Å². The summed E-state index contributed by atoms with van der Waals surface area (Å²) in [4.78, 5) is 2.47. The lowest BCUT2D eigenvalue weighted by Gasteiger charge is -2.35. The van der Waals surface area contributed by atoms with E-state index in [1.165, 1.54) is 0 Å². The van der Waals surface area contributed by atoms with Gasteiger partial charge in [0.2, 0.25) is 0 Å². The van der Waals surface area contributed by atoms with Gasteiger partial charge in [0.25, 0.3) is 0 Å². The van der Waals surface area contributed by atoms with Crippen LogP contribution in [0.5, 0.6) is 0 Å². The minimum Gasteiger partial charge on any atom is -0.314 e. The van der Waals surface area contributed by atoms with Gasteiger partial charge in [-0.05, 0) is 24.1 Å². The van der Waals surface area contributed by atoms with E-state index >= 15 is 0 Å². The smallest absolute Gasteiger partial charge is 0.0641 e. The minimum atomic E-state index is 0. The van der Waals surface area contributed by atoms with Gasteiger partial charge in [0.05, 0.1) is 10.0 Å². The van der Waals surface area contributed by atoms with E-state index in [4.69, 9.17) is 34.8 Å². The van der Waals surface area contributed by atoms with Gasteiger partial charge in [0.1, 0.15) is 0 Å². The Labute approximate surface area is 154 Å². The van der Waals surface area contributed by atoms with Crippen molar-refractivity contribution in [2.75, 3.05) is 26.2 Å². The second kappa shape index (κ2) is 10.4. The monoisotopic (exact) mass is 392 g/mol. The molecule has 7 heteroatoms. The van der Waals surface area contributed by atoms with Crippen LogP contribution in [0.25, 0.3) is 0 Å². The molecule has 1 aromatic carbocycles. The highest BCUT2D eigenvalue weighted by Gasteiger charge is 2.24. The summed E-state index contributed by atoms with van der Waals surface area (Å²) in [5, 5.41) is 5.21. The van der Waals surface area contributed by atoms with E-state index in [9.17, 15) is 0 Å². The fourth-order valence-electron chi connectivity index (χ4n) is 2.62. The zero-order valence-electron chi connectivity index (χ0n) is 11.9. The predicted molar refractivity (Wildman–Crippen MR) is 98.1 cm³/mol. The Morgan fingerprint density at radius 2 is 1.76 bits per heavy atom. The third-order valence-electron chi connectivity index (χ3n) is 3.53. The second-order valence-electron chi connectivity index (χ2n) is 4.88. The topological polar surface area (TPSA) is 15.3 Å². The van der Waals surface area contributed by atoms with E-state index in [0.29, 0.717) is 21.1 Å². The van der Waals surface area contributed by atoms with Crippen LogP contribution in [0, 0.1) is 0 Å². The summed E-state index contributed by atoms with van der Waals surface area (Å²) in [7, 11) is 0. The molecule has 1 N–H and O–H groups in total. The summed E-state index contributed by atoms with van der Waals surface area (Å²) in [6.45, 7) is 6.30. The molecule has 122 valence electrons. The van der Waals surface area contributed by atoms with Crippen LogP contribution in [0.15, 0.2) is 12.1 Å². The van der Waals surface area contributed by atoms with Crippen LogP contribution in [0.2, 0.25) is 15.1 Å². The maximum atomic E-state index is 6.38. The molecular formula is C14H21Cl5N2. The molecule has 21 heavy (non-hydrogen) atoms. The number of nitrogens with zero attached hydrogens (tertiary/aromatic N) is 1. The molecule has 0 radical (unpaired) electrons. The summed E-state index contributed by atoms with van der Waals surface area (Å²) in [6, 6.07) is 3.96. The molecular weight excluding hydrogens is 373 g/mol. The first-order chi connectivity index (χ1) is 9.13. The molecule has 1 saturated heterocycles. The highest BCUT2D eigenvalue weighted by molar-refractivity contribution is 6.43.